The Morgan fingerprint density at radius 3 is 2.88 bits per heavy atom. The predicted octanol–water partition coefficient (Wildman–Crippen LogP) is 1.58. The van der Waals surface area contributed by atoms with E-state index in [1.807, 2.05) is 24.3 Å². The van der Waals surface area contributed by atoms with E-state index in [0.717, 1.165) is 10.9 Å². The molecule has 0 aliphatic heterocycles. The lowest BCUT2D eigenvalue weighted by atomic mass is 10.1. The van der Waals surface area contributed by atoms with Crippen LogP contribution in [0.1, 0.15) is 16.2 Å². The van der Waals surface area contributed by atoms with Gasteiger partial charge in [-0.05, 0) is 12.1 Å². The molecule has 0 saturated carbocycles. The first kappa shape index (κ1) is 9.65. The van der Waals surface area contributed by atoms with Crippen molar-refractivity contribution in [2.75, 3.05) is 0 Å². The number of carbonyl (C=O) groups is 1. The minimum absolute atomic E-state index is 0.208. The second-order valence-electron chi connectivity index (χ2n) is 3.58. The molecule has 5 heteroatoms. The second-order valence-corrected chi connectivity index (χ2v) is 3.58. The lowest BCUT2D eigenvalue weighted by Crippen LogP contribution is -2.04. The molecule has 5 nitrogen and oxygen atoms in total. The number of rotatable bonds is 2. The summed E-state index contributed by atoms with van der Waals surface area (Å²) in [6.07, 6.45) is 2.86. The lowest BCUT2D eigenvalue weighted by Gasteiger charge is -1.99. The van der Waals surface area contributed by atoms with Crippen LogP contribution in [0.3, 0.4) is 0 Å². The molecule has 3 aromatic rings. The number of H-pyrrole nitrogens is 1. The molecule has 17 heavy (non-hydrogen) atoms. The van der Waals surface area contributed by atoms with Crippen LogP contribution >= 0.6 is 0 Å². The molecule has 3 rings (SSSR count). The van der Waals surface area contributed by atoms with Gasteiger partial charge < -0.3 is 0 Å². The number of pyridine rings is 1. The molecular weight excluding hydrogens is 216 g/mol. The molecule has 1 N–H and O–H groups in total. The van der Waals surface area contributed by atoms with Gasteiger partial charge in [0.2, 0.25) is 5.78 Å². The van der Waals surface area contributed by atoms with E-state index in [4.69, 9.17) is 0 Å². The molecule has 0 fully saturated rings. The van der Waals surface area contributed by atoms with E-state index in [-0.39, 0.29) is 11.6 Å². The fourth-order valence-electron chi connectivity index (χ4n) is 1.65. The van der Waals surface area contributed by atoms with Crippen molar-refractivity contribution in [3.05, 3.63) is 54.2 Å². The van der Waals surface area contributed by atoms with Gasteiger partial charge in [-0.25, -0.2) is 4.98 Å². The molecule has 2 heterocycles. The average Bonchev–Trinajstić information content (AvgIpc) is 2.91. The molecule has 0 amide bonds. The van der Waals surface area contributed by atoms with Crippen molar-refractivity contribution in [2.45, 2.75) is 0 Å². The number of hydrogen-bond donors (Lipinski definition) is 1. The molecule has 0 unspecified atom stereocenters. The van der Waals surface area contributed by atoms with E-state index in [0.29, 0.717) is 5.56 Å². The number of carbonyl (C=O) groups excluding carboxylic acids is 1. The summed E-state index contributed by atoms with van der Waals surface area (Å²) in [6.45, 7) is 0. The third-order valence-corrected chi connectivity index (χ3v) is 2.48. The van der Waals surface area contributed by atoms with Crippen molar-refractivity contribution in [1.82, 2.24) is 20.2 Å². The summed E-state index contributed by atoms with van der Waals surface area (Å²) >= 11 is 0. The summed E-state index contributed by atoms with van der Waals surface area (Å²) in [7, 11) is 0. The SMILES string of the molecule is O=C(c1cnc2ccccc2c1)c1ncn[nH]1. The average molecular weight is 224 g/mol. The quantitative estimate of drug-likeness (QED) is 0.671. The summed E-state index contributed by atoms with van der Waals surface area (Å²) in [4.78, 5) is 20.0. The third kappa shape index (κ3) is 1.67. The van der Waals surface area contributed by atoms with E-state index < -0.39 is 0 Å². The predicted molar refractivity (Wildman–Crippen MR) is 61.6 cm³/mol. The minimum atomic E-state index is -0.208. The maximum Gasteiger partial charge on any atom is 0.231 e. The van der Waals surface area contributed by atoms with Crippen molar-refractivity contribution in [2.24, 2.45) is 0 Å². The van der Waals surface area contributed by atoms with Gasteiger partial charge in [0, 0.05) is 17.1 Å². The number of para-hydroxylation sites is 1. The highest BCUT2D eigenvalue weighted by Gasteiger charge is 2.12. The Kier molecular flexibility index (Phi) is 2.15. The normalized spacial score (nSPS) is 10.6. The molecule has 0 atom stereocenters. The fraction of sp³-hybridized carbons (Fsp3) is 0. The zero-order valence-electron chi connectivity index (χ0n) is 8.79. The number of aromatic amines is 1. The van der Waals surface area contributed by atoms with Crippen molar-refractivity contribution < 1.29 is 4.79 Å². The molecule has 2 aromatic heterocycles. The van der Waals surface area contributed by atoms with Crippen molar-refractivity contribution in [3.8, 4) is 0 Å². The van der Waals surface area contributed by atoms with Crippen LogP contribution in [0.4, 0.5) is 0 Å². The van der Waals surface area contributed by atoms with Gasteiger partial charge in [-0.2, -0.15) is 5.10 Å². The Hall–Kier alpha value is -2.56. The molecule has 0 aliphatic rings. The number of benzene rings is 1. The highest BCUT2D eigenvalue weighted by atomic mass is 16.1. The third-order valence-electron chi connectivity index (χ3n) is 2.48. The van der Waals surface area contributed by atoms with Gasteiger partial charge in [0.05, 0.1) is 5.52 Å². The monoisotopic (exact) mass is 224 g/mol. The van der Waals surface area contributed by atoms with Gasteiger partial charge in [0.1, 0.15) is 6.33 Å². The number of nitrogens with zero attached hydrogens (tertiary/aromatic N) is 3. The lowest BCUT2D eigenvalue weighted by molar-refractivity contribution is 0.102. The minimum Gasteiger partial charge on any atom is -0.285 e. The Balaban J connectivity index is 2.09. The number of fused-ring (bicyclic) bond motifs is 1. The number of ketones is 1. The molecule has 82 valence electrons. The van der Waals surface area contributed by atoms with Gasteiger partial charge in [-0.3, -0.25) is 14.9 Å². The smallest absolute Gasteiger partial charge is 0.231 e. The molecule has 1 aromatic carbocycles. The van der Waals surface area contributed by atoms with Gasteiger partial charge in [-0.15, -0.1) is 0 Å². The van der Waals surface area contributed by atoms with Crippen LogP contribution in [0.2, 0.25) is 0 Å². The summed E-state index contributed by atoms with van der Waals surface area (Å²) in [5.41, 5.74) is 1.36. The fourth-order valence-corrected chi connectivity index (χ4v) is 1.65. The van der Waals surface area contributed by atoms with Crippen LogP contribution in [0.5, 0.6) is 0 Å². The summed E-state index contributed by atoms with van der Waals surface area (Å²) in [5.74, 6) is 0.0165. The number of aromatic nitrogens is 4. The van der Waals surface area contributed by atoms with E-state index in [2.05, 4.69) is 20.2 Å². The first-order valence-corrected chi connectivity index (χ1v) is 5.09. The summed E-state index contributed by atoms with van der Waals surface area (Å²) < 4.78 is 0. The van der Waals surface area contributed by atoms with Crippen LogP contribution < -0.4 is 0 Å². The number of nitrogens with one attached hydrogen (secondary N) is 1. The Morgan fingerprint density at radius 2 is 2.06 bits per heavy atom. The Labute approximate surface area is 96.5 Å². The van der Waals surface area contributed by atoms with Crippen molar-refractivity contribution in [3.63, 3.8) is 0 Å². The standard InChI is InChI=1S/C12H8N4O/c17-11(12-14-7-15-16-12)9-5-8-3-1-2-4-10(8)13-6-9/h1-7H,(H,14,15,16). The van der Waals surface area contributed by atoms with Gasteiger partial charge >= 0.3 is 0 Å². The summed E-state index contributed by atoms with van der Waals surface area (Å²) in [5, 5.41) is 7.13. The Bertz CT molecular complexity index is 676. The topological polar surface area (TPSA) is 71.5 Å². The highest BCUT2D eigenvalue weighted by molar-refractivity contribution is 6.07. The van der Waals surface area contributed by atoms with Gasteiger partial charge in [0.15, 0.2) is 5.82 Å². The maximum absolute atomic E-state index is 12.0. The van der Waals surface area contributed by atoms with Crippen molar-refractivity contribution in [1.29, 1.82) is 0 Å². The first-order chi connectivity index (χ1) is 8.34. The van der Waals surface area contributed by atoms with Crippen molar-refractivity contribution >= 4 is 16.7 Å². The second kappa shape index (κ2) is 3.79. The van der Waals surface area contributed by atoms with Crippen LogP contribution in [0.25, 0.3) is 10.9 Å². The van der Waals surface area contributed by atoms with Crippen LogP contribution in [0.15, 0.2) is 42.9 Å². The van der Waals surface area contributed by atoms with Gasteiger partial charge in [0.25, 0.3) is 0 Å². The van der Waals surface area contributed by atoms with Crippen LogP contribution in [-0.4, -0.2) is 25.9 Å². The zero-order chi connectivity index (χ0) is 11.7. The molecule has 0 bridgehead atoms. The molecule has 0 aliphatic carbocycles. The molecule has 0 spiro atoms. The first-order valence-electron chi connectivity index (χ1n) is 5.09. The van der Waals surface area contributed by atoms with E-state index in [1.54, 1.807) is 12.3 Å². The molecular formula is C12H8N4O. The molecule has 0 saturated heterocycles. The highest BCUT2D eigenvalue weighted by Crippen LogP contribution is 2.14. The van der Waals surface area contributed by atoms with E-state index in [1.165, 1.54) is 6.33 Å². The number of hydrogen-bond acceptors (Lipinski definition) is 4. The zero-order valence-corrected chi connectivity index (χ0v) is 8.79. The van der Waals surface area contributed by atoms with Crippen LogP contribution in [0, 0.1) is 0 Å². The largest absolute Gasteiger partial charge is 0.285 e. The van der Waals surface area contributed by atoms with E-state index >= 15 is 0 Å². The Morgan fingerprint density at radius 1 is 1.18 bits per heavy atom. The van der Waals surface area contributed by atoms with Gasteiger partial charge in [-0.1, -0.05) is 18.2 Å². The maximum atomic E-state index is 12.0. The molecule has 0 radical (unpaired) electrons. The summed E-state index contributed by atoms with van der Waals surface area (Å²) in [6, 6.07) is 9.44. The van der Waals surface area contributed by atoms with E-state index in [9.17, 15) is 4.79 Å². The van der Waals surface area contributed by atoms with Crippen LogP contribution in [-0.2, 0) is 0 Å².